The van der Waals surface area contributed by atoms with Gasteiger partial charge in [-0.15, -0.1) is 0 Å². The Morgan fingerprint density at radius 3 is 2.39 bits per heavy atom. The van der Waals surface area contributed by atoms with Crippen molar-refractivity contribution in [2.75, 3.05) is 5.75 Å². The minimum absolute atomic E-state index is 0.116. The van der Waals surface area contributed by atoms with Gasteiger partial charge in [0, 0.05) is 12.1 Å². The van der Waals surface area contributed by atoms with Gasteiger partial charge in [0.05, 0.1) is 18.6 Å². The lowest BCUT2D eigenvalue weighted by Crippen LogP contribution is -2.30. The maximum absolute atomic E-state index is 13.4. The van der Waals surface area contributed by atoms with Crippen LogP contribution in [0.2, 0.25) is 0 Å². The fraction of sp³-hybridized carbons (Fsp3) is 0.346. The minimum Gasteiger partial charge on any atom is -0.467 e. The molecule has 0 saturated carbocycles. The van der Waals surface area contributed by atoms with Gasteiger partial charge in [0.15, 0.2) is 0 Å². The molecule has 0 saturated heterocycles. The maximum Gasteiger partial charge on any atom is 0.308 e. The van der Waals surface area contributed by atoms with E-state index in [9.17, 15) is 13.2 Å². The summed E-state index contributed by atoms with van der Waals surface area (Å²) in [6.07, 6.45) is 6.09. The third-order valence-corrected chi connectivity index (χ3v) is 6.49. The predicted octanol–water partition coefficient (Wildman–Crippen LogP) is 5.58. The second kappa shape index (κ2) is 11.7. The topological polar surface area (TPSA) is 76.8 Å². The molecule has 176 valence electrons. The van der Waals surface area contributed by atoms with Crippen molar-refractivity contribution in [1.29, 1.82) is 0 Å². The highest BCUT2D eigenvalue weighted by Gasteiger charge is 2.19. The summed E-state index contributed by atoms with van der Waals surface area (Å²) in [6.45, 7) is 4.28. The molecule has 3 rings (SSSR count). The first kappa shape index (κ1) is 24.6. The van der Waals surface area contributed by atoms with Crippen molar-refractivity contribution >= 4 is 16.0 Å². The molecule has 0 N–H and O–H groups in total. The molecule has 0 unspecified atom stereocenters. The van der Waals surface area contributed by atoms with Crippen LogP contribution in [0.25, 0.3) is 0 Å². The number of hydrogen-bond donors (Lipinski definition) is 0. The molecule has 33 heavy (non-hydrogen) atoms. The summed E-state index contributed by atoms with van der Waals surface area (Å²) in [5, 5.41) is 0. The van der Waals surface area contributed by atoms with Gasteiger partial charge in [-0.25, -0.2) is 0 Å². The smallest absolute Gasteiger partial charge is 0.308 e. The van der Waals surface area contributed by atoms with Crippen LogP contribution in [0.5, 0.6) is 5.75 Å². The summed E-state index contributed by atoms with van der Waals surface area (Å²) < 4.78 is 34.2. The zero-order valence-electron chi connectivity index (χ0n) is 19.2. The molecule has 2 aromatic carbocycles. The normalized spacial score (nSPS) is 11.3. The van der Waals surface area contributed by atoms with Crippen LogP contribution in [0.15, 0.2) is 71.3 Å². The van der Waals surface area contributed by atoms with E-state index in [1.807, 2.05) is 36.4 Å². The third kappa shape index (κ3) is 7.49. The van der Waals surface area contributed by atoms with Crippen molar-refractivity contribution in [2.24, 2.45) is 0 Å². The molecule has 0 radical (unpaired) electrons. The Labute approximate surface area is 196 Å². The van der Waals surface area contributed by atoms with Crippen molar-refractivity contribution in [3.05, 3.63) is 89.4 Å². The quantitative estimate of drug-likeness (QED) is 0.255. The van der Waals surface area contributed by atoms with Gasteiger partial charge in [-0.05, 0) is 67.3 Å². The zero-order chi connectivity index (χ0) is 23.7. The average molecular weight is 470 g/mol. The first-order chi connectivity index (χ1) is 15.9. The molecule has 1 heterocycles. The molecule has 0 bridgehead atoms. The van der Waals surface area contributed by atoms with Gasteiger partial charge in [0.2, 0.25) is 0 Å². The molecule has 0 aliphatic rings. The third-order valence-electron chi connectivity index (χ3n) is 5.33. The van der Waals surface area contributed by atoms with E-state index in [4.69, 9.17) is 8.60 Å². The van der Waals surface area contributed by atoms with Crippen LogP contribution in [0, 0.1) is 0 Å². The fourth-order valence-corrected chi connectivity index (χ4v) is 4.00. The Kier molecular flexibility index (Phi) is 8.72. The molecule has 1 amide bonds. The van der Waals surface area contributed by atoms with Crippen LogP contribution < -0.4 is 4.18 Å². The van der Waals surface area contributed by atoms with Crippen molar-refractivity contribution in [1.82, 2.24) is 4.90 Å². The Morgan fingerprint density at radius 1 is 0.939 bits per heavy atom. The number of furan rings is 1. The lowest BCUT2D eigenvalue weighted by molar-refractivity contribution is 0.0717. The van der Waals surface area contributed by atoms with E-state index in [0.29, 0.717) is 17.9 Å². The van der Waals surface area contributed by atoms with Gasteiger partial charge < -0.3 is 13.5 Å². The molecule has 1 aromatic heterocycles. The molecule has 0 aliphatic heterocycles. The number of hydrogen-bond acceptors (Lipinski definition) is 5. The number of aryl methyl sites for hydroxylation is 1. The monoisotopic (exact) mass is 469 g/mol. The summed E-state index contributed by atoms with van der Waals surface area (Å²) >= 11 is 0. The summed E-state index contributed by atoms with van der Waals surface area (Å²) in [4.78, 5) is 15.0. The highest BCUT2D eigenvalue weighted by molar-refractivity contribution is 7.87. The van der Waals surface area contributed by atoms with Crippen LogP contribution >= 0.6 is 0 Å². The number of amides is 1. The molecular weight excluding hydrogens is 438 g/mol. The van der Waals surface area contributed by atoms with Crippen molar-refractivity contribution in [2.45, 2.75) is 52.6 Å². The summed E-state index contributed by atoms with van der Waals surface area (Å²) in [5.41, 5.74) is 2.58. The predicted molar refractivity (Wildman–Crippen MR) is 128 cm³/mol. The molecule has 7 heteroatoms. The first-order valence-electron chi connectivity index (χ1n) is 11.3. The second-order valence-corrected chi connectivity index (χ2v) is 9.83. The van der Waals surface area contributed by atoms with Crippen LogP contribution in [0.4, 0.5) is 0 Å². The van der Waals surface area contributed by atoms with Crippen molar-refractivity contribution in [3.63, 3.8) is 0 Å². The summed E-state index contributed by atoms with van der Waals surface area (Å²) in [7, 11) is -3.63. The largest absolute Gasteiger partial charge is 0.467 e. The standard InChI is InChI=1S/C26H31NO5S/c1-3-5-6-9-21-13-15-23(16-14-21)26(28)27(20-25-12-8-17-31-25)19-22-10-7-11-24(18-22)32-33(29,30)4-2/h7-8,10-18H,3-6,9,19-20H2,1-2H3. The van der Waals surface area contributed by atoms with Gasteiger partial charge in [-0.1, -0.05) is 44.0 Å². The molecular formula is C26H31NO5S. The van der Waals surface area contributed by atoms with Crippen molar-refractivity contribution in [3.8, 4) is 5.75 Å². The zero-order valence-corrected chi connectivity index (χ0v) is 20.0. The van der Waals surface area contributed by atoms with E-state index in [0.717, 1.165) is 18.4 Å². The fourth-order valence-electron chi connectivity index (χ4n) is 3.49. The lowest BCUT2D eigenvalue weighted by atomic mass is 10.0. The van der Waals surface area contributed by atoms with Gasteiger partial charge in [-0.3, -0.25) is 4.79 Å². The van der Waals surface area contributed by atoms with Crippen molar-refractivity contribution < 1.29 is 21.8 Å². The molecule has 0 aliphatic carbocycles. The minimum atomic E-state index is -3.63. The van der Waals surface area contributed by atoms with Gasteiger partial charge in [0.25, 0.3) is 5.91 Å². The van der Waals surface area contributed by atoms with Gasteiger partial charge >= 0.3 is 10.1 Å². The van der Waals surface area contributed by atoms with E-state index < -0.39 is 10.1 Å². The number of carbonyl (C=O) groups is 1. The van der Waals surface area contributed by atoms with Gasteiger partial charge in [-0.2, -0.15) is 8.42 Å². The second-order valence-electron chi connectivity index (χ2n) is 7.97. The van der Waals surface area contributed by atoms with E-state index in [1.165, 1.54) is 25.3 Å². The molecule has 0 atom stereocenters. The number of benzene rings is 2. The number of rotatable bonds is 12. The summed E-state index contributed by atoms with van der Waals surface area (Å²) in [6, 6.07) is 18.2. The number of carbonyl (C=O) groups excluding carboxylic acids is 1. The Balaban J connectivity index is 1.78. The SMILES string of the molecule is CCCCCc1ccc(C(=O)N(Cc2cccc(OS(=O)(=O)CC)c2)Cc2ccco2)cc1. The van der Waals surface area contributed by atoms with E-state index in [1.54, 1.807) is 35.4 Å². The van der Waals surface area contributed by atoms with E-state index in [2.05, 4.69) is 6.92 Å². The van der Waals surface area contributed by atoms with Crippen LogP contribution in [-0.2, 0) is 29.6 Å². The average Bonchev–Trinajstić information content (AvgIpc) is 3.32. The Hall–Kier alpha value is -3.06. The Bertz CT molecular complexity index is 1120. The van der Waals surface area contributed by atoms with Crippen LogP contribution in [-0.4, -0.2) is 25.0 Å². The molecule has 0 fully saturated rings. The first-order valence-corrected chi connectivity index (χ1v) is 12.9. The van der Waals surface area contributed by atoms with Crippen LogP contribution in [0.1, 0.15) is 60.4 Å². The van der Waals surface area contributed by atoms with E-state index >= 15 is 0 Å². The van der Waals surface area contributed by atoms with Crippen LogP contribution in [0.3, 0.4) is 0 Å². The molecule has 6 nitrogen and oxygen atoms in total. The van der Waals surface area contributed by atoms with Gasteiger partial charge in [0.1, 0.15) is 11.5 Å². The maximum atomic E-state index is 13.4. The summed E-state index contributed by atoms with van der Waals surface area (Å²) in [5.74, 6) is 0.657. The number of nitrogens with zero attached hydrogens (tertiary/aromatic N) is 1. The lowest BCUT2D eigenvalue weighted by Gasteiger charge is -2.22. The molecule has 3 aromatic rings. The highest BCUT2D eigenvalue weighted by Crippen LogP contribution is 2.20. The Morgan fingerprint density at radius 2 is 1.73 bits per heavy atom. The molecule has 0 spiro atoms. The van der Waals surface area contributed by atoms with E-state index in [-0.39, 0.29) is 24.0 Å². The number of unbranched alkanes of at least 4 members (excludes halogenated alkanes) is 2. The highest BCUT2D eigenvalue weighted by atomic mass is 32.2.